The van der Waals surface area contributed by atoms with E-state index in [4.69, 9.17) is 4.98 Å². The Morgan fingerprint density at radius 2 is 2.15 bits per heavy atom. The molecular weight excluding hydrogens is 334 g/mol. The third kappa shape index (κ3) is 2.70. The minimum Gasteiger partial charge on any atom is -0.367 e. The van der Waals surface area contributed by atoms with Gasteiger partial charge in [0, 0.05) is 47.5 Å². The van der Waals surface area contributed by atoms with E-state index < -0.39 is 0 Å². The van der Waals surface area contributed by atoms with E-state index in [0.717, 1.165) is 44.8 Å². The number of aryl methyl sites for hydroxylation is 1. The van der Waals surface area contributed by atoms with E-state index >= 15 is 0 Å². The van der Waals surface area contributed by atoms with Gasteiger partial charge in [-0.3, -0.25) is 4.68 Å². The van der Waals surface area contributed by atoms with Gasteiger partial charge in [0.25, 0.3) is 0 Å². The van der Waals surface area contributed by atoms with Gasteiger partial charge in [0.1, 0.15) is 5.82 Å². The Labute approximate surface area is 158 Å². The molecule has 5 heteroatoms. The van der Waals surface area contributed by atoms with Crippen molar-refractivity contribution >= 4 is 33.7 Å². The van der Waals surface area contributed by atoms with Crippen LogP contribution in [0.2, 0.25) is 0 Å². The number of rotatable bonds is 5. The summed E-state index contributed by atoms with van der Waals surface area (Å²) in [4.78, 5) is 8.31. The number of anilines is 1. The number of fused-ring (bicyclic) bond motifs is 3. The first-order valence-corrected chi connectivity index (χ1v) is 9.46. The lowest BCUT2D eigenvalue weighted by Gasteiger charge is -2.15. The molecule has 4 aromatic rings. The zero-order valence-corrected chi connectivity index (χ0v) is 15.7. The molecule has 3 heterocycles. The van der Waals surface area contributed by atoms with Crippen molar-refractivity contribution in [2.75, 3.05) is 5.32 Å². The monoisotopic (exact) mass is 357 g/mol. The summed E-state index contributed by atoms with van der Waals surface area (Å²) in [5.74, 6) is 1.72. The van der Waals surface area contributed by atoms with E-state index in [9.17, 15) is 0 Å². The zero-order chi connectivity index (χ0) is 18.5. The first-order chi connectivity index (χ1) is 13.1. The summed E-state index contributed by atoms with van der Waals surface area (Å²) in [5.41, 5.74) is 5.47. The molecule has 1 atom stereocenters. The van der Waals surface area contributed by atoms with Crippen LogP contribution >= 0.6 is 0 Å². The molecule has 5 nitrogen and oxygen atoms in total. The van der Waals surface area contributed by atoms with Crippen LogP contribution in [0.3, 0.4) is 0 Å². The predicted molar refractivity (Wildman–Crippen MR) is 112 cm³/mol. The molecule has 5 rings (SSSR count). The molecule has 0 bridgehead atoms. The van der Waals surface area contributed by atoms with Gasteiger partial charge in [0.2, 0.25) is 0 Å². The minimum absolute atomic E-state index is 0.440. The Balaban J connectivity index is 1.69. The van der Waals surface area contributed by atoms with Crippen molar-refractivity contribution < 1.29 is 0 Å². The van der Waals surface area contributed by atoms with Crippen LogP contribution in [0.4, 0.5) is 5.82 Å². The van der Waals surface area contributed by atoms with Gasteiger partial charge in [0.15, 0.2) is 0 Å². The molecule has 1 aromatic carbocycles. The Morgan fingerprint density at radius 1 is 1.30 bits per heavy atom. The topological polar surface area (TPSA) is 58.5 Å². The van der Waals surface area contributed by atoms with Crippen molar-refractivity contribution in [2.45, 2.75) is 25.8 Å². The van der Waals surface area contributed by atoms with Crippen LogP contribution in [0.5, 0.6) is 0 Å². The lowest BCUT2D eigenvalue weighted by Crippen LogP contribution is -2.18. The minimum atomic E-state index is 0.440. The SMILES string of the molecule is C=Cc1cnc(NC(C)C2CC2)c2c1[nH]c1cc(-c3cnn(C)c3)ccc12. The Bertz CT molecular complexity index is 1160. The molecule has 0 amide bonds. The van der Waals surface area contributed by atoms with Gasteiger partial charge >= 0.3 is 0 Å². The highest BCUT2D eigenvalue weighted by molar-refractivity contribution is 6.15. The van der Waals surface area contributed by atoms with Gasteiger partial charge in [-0.1, -0.05) is 24.8 Å². The predicted octanol–water partition coefficient (Wildman–Crippen LogP) is 4.97. The fraction of sp³-hybridized carbons (Fsp3) is 0.273. The van der Waals surface area contributed by atoms with E-state index in [2.05, 4.69) is 47.1 Å². The average Bonchev–Trinajstić information content (AvgIpc) is 3.33. The number of aromatic nitrogens is 4. The molecule has 1 fully saturated rings. The summed E-state index contributed by atoms with van der Waals surface area (Å²) in [6.45, 7) is 6.21. The number of nitrogens with one attached hydrogen (secondary N) is 2. The summed E-state index contributed by atoms with van der Waals surface area (Å²) in [6, 6.07) is 6.96. The number of hydrogen-bond donors (Lipinski definition) is 2. The lowest BCUT2D eigenvalue weighted by atomic mass is 10.1. The van der Waals surface area contributed by atoms with Crippen molar-refractivity contribution in [1.29, 1.82) is 0 Å². The van der Waals surface area contributed by atoms with Crippen LogP contribution in [0.25, 0.3) is 39.0 Å². The highest BCUT2D eigenvalue weighted by Gasteiger charge is 2.28. The largest absolute Gasteiger partial charge is 0.367 e. The van der Waals surface area contributed by atoms with Crippen molar-refractivity contribution in [3.05, 3.63) is 48.9 Å². The molecular formula is C22H23N5. The Hall–Kier alpha value is -3.08. The molecule has 1 aliphatic rings. The lowest BCUT2D eigenvalue weighted by molar-refractivity contribution is 0.692. The maximum absolute atomic E-state index is 4.72. The molecule has 0 radical (unpaired) electrons. The van der Waals surface area contributed by atoms with Crippen molar-refractivity contribution in [2.24, 2.45) is 13.0 Å². The Morgan fingerprint density at radius 3 is 2.85 bits per heavy atom. The molecule has 1 saturated carbocycles. The van der Waals surface area contributed by atoms with Crippen LogP contribution in [0, 0.1) is 5.92 Å². The third-order valence-corrected chi connectivity index (χ3v) is 5.61. The van der Waals surface area contributed by atoms with Gasteiger partial charge in [-0.25, -0.2) is 4.98 Å². The van der Waals surface area contributed by atoms with Crippen LogP contribution in [0.15, 0.2) is 43.4 Å². The van der Waals surface area contributed by atoms with E-state index in [1.54, 1.807) is 0 Å². The smallest absolute Gasteiger partial charge is 0.136 e. The molecule has 3 aromatic heterocycles. The number of nitrogens with zero attached hydrogens (tertiary/aromatic N) is 3. The molecule has 0 saturated heterocycles. The number of aromatic amines is 1. The van der Waals surface area contributed by atoms with Gasteiger partial charge in [0.05, 0.1) is 17.1 Å². The van der Waals surface area contributed by atoms with Crippen LogP contribution in [-0.2, 0) is 7.05 Å². The second-order valence-corrected chi connectivity index (χ2v) is 7.57. The van der Waals surface area contributed by atoms with E-state index in [1.165, 1.54) is 18.2 Å². The first-order valence-electron chi connectivity index (χ1n) is 9.46. The first kappa shape index (κ1) is 16.1. The summed E-state index contributed by atoms with van der Waals surface area (Å²) >= 11 is 0. The highest BCUT2D eigenvalue weighted by Crippen LogP contribution is 2.38. The second-order valence-electron chi connectivity index (χ2n) is 7.57. The van der Waals surface area contributed by atoms with Crippen LogP contribution in [-0.4, -0.2) is 25.8 Å². The molecule has 0 aliphatic heterocycles. The second kappa shape index (κ2) is 5.98. The van der Waals surface area contributed by atoms with Crippen LogP contribution in [0.1, 0.15) is 25.3 Å². The standard InChI is InChI=1S/C22H23N5/c1-4-14-10-23-22(25-13(2)15-5-6-15)20-18-8-7-16(9-19(18)26-21(14)20)17-11-24-27(3)12-17/h4,7-13,15,26H,1,5-6H2,2-3H3,(H,23,25). The highest BCUT2D eigenvalue weighted by atomic mass is 15.2. The summed E-state index contributed by atoms with van der Waals surface area (Å²) in [6.07, 6.45) is 10.3. The molecule has 1 aliphatic carbocycles. The Kier molecular flexibility index (Phi) is 3.57. The average molecular weight is 357 g/mol. The maximum atomic E-state index is 4.72. The van der Waals surface area contributed by atoms with Gasteiger partial charge < -0.3 is 10.3 Å². The number of benzene rings is 1. The van der Waals surface area contributed by atoms with Crippen molar-refractivity contribution in [1.82, 2.24) is 19.7 Å². The third-order valence-electron chi connectivity index (χ3n) is 5.61. The number of H-pyrrole nitrogens is 1. The van der Waals surface area contributed by atoms with E-state index in [1.807, 2.05) is 36.4 Å². The molecule has 2 N–H and O–H groups in total. The zero-order valence-electron chi connectivity index (χ0n) is 15.7. The quantitative estimate of drug-likeness (QED) is 0.530. The van der Waals surface area contributed by atoms with Gasteiger partial charge in [-0.2, -0.15) is 5.10 Å². The number of hydrogen-bond acceptors (Lipinski definition) is 3. The van der Waals surface area contributed by atoms with Crippen molar-refractivity contribution in [3.8, 4) is 11.1 Å². The van der Waals surface area contributed by atoms with Crippen molar-refractivity contribution in [3.63, 3.8) is 0 Å². The maximum Gasteiger partial charge on any atom is 0.136 e. The fourth-order valence-electron chi connectivity index (χ4n) is 3.87. The van der Waals surface area contributed by atoms with Crippen LogP contribution < -0.4 is 5.32 Å². The number of pyridine rings is 1. The van der Waals surface area contributed by atoms with Gasteiger partial charge in [-0.05, 0) is 37.3 Å². The summed E-state index contributed by atoms with van der Waals surface area (Å²) in [5, 5.41) is 10.3. The normalized spacial score (nSPS) is 15.3. The fourth-order valence-corrected chi connectivity index (χ4v) is 3.87. The summed E-state index contributed by atoms with van der Waals surface area (Å²) < 4.78 is 1.83. The van der Waals surface area contributed by atoms with Gasteiger partial charge in [-0.15, -0.1) is 0 Å². The molecule has 0 spiro atoms. The molecule has 136 valence electrons. The van der Waals surface area contributed by atoms with E-state index in [0.29, 0.717) is 6.04 Å². The molecule has 27 heavy (non-hydrogen) atoms. The van der Waals surface area contributed by atoms with E-state index in [-0.39, 0.29) is 0 Å². The molecule has 1 unspecified atom stereocenters. The summed E-state index contributed by atoms with van der Waals surface area (Å²) in [7, 11) is 1.94.